The third kappa shape index (κ3) is 5.38. The Morgan fingerprint density at radius 3 is 2.53 bits per heavy atom. The molecule has 0 radical (unpaired) electrons. The van der Waals surface area contributed by atoms with Crippen LogP contribution < -0.4 is 15.5 Å². The Balaban J connectivity index is 1.52. The van der Waals surface area contributed by atoms with Gasteiger partial charge < -0.3 is 20.3 Å². The average molecular weight is 557 g/mol. The fraction of sp³-hybridized carbons (Fsp3) is 0.462. The van der Waals surface area contributed by atoms with E-state index in [1.165, 1.54) is 0 Å². The normalized spacial score (nSPS) is 18.3. The van der Waals surface area contributed by atoms with Crippen molar-refractivity contribution in [3.05, 3.63) is 47.1 Å². The van der Waals surface area contributed by atoms with Crippen molar-refractivity contribution >= 4 is 38.7 Å². The van der Waals surface area contributed by atoms with Gasteiger partial charge in [0, 0.05) is 41.0 Å². The Labute approximate surface area is 226 Å². The second-order valence-corrected chi connectivity index (χ2v) is 13.8. The maximum atomic E-state index is 13.7. The molecule has 1 saturated carbocycles. The van der Waals surface area contributed by atoms with Crippen LogP contribution in [-0.2, 0) is 19.3 Å². The number of carbonyl (C=O) groups excluding carboxylic acids is 1. The number of hydrogen-bond acceptors (Lipinski definition) is 9. The van der Waals surface area contributed by atoms with E-state index in [4.69, 9.17) is 14.7 Å². The van der Waals surface area contributed by atoms with Gasteiger partial charge in [0.2, 0.25) is 14.2 Å². The number of anilines is 2. The second-order valence-electron chi connectivity index (χ2n) is 10.3. The van der Waals surface area contributed by atoms with Crippen molar-refractivity contribution in [3.8, 4) is 11.4 Å². The number of hydrogen-bond donors (Lipinski definition) is 2. The van der Waals surface area contributed by atoms with E-state index in [9.17, 15) is 13.2 Å². The molecule has 10 nitrogen and oxygen atoms in total. The summed E-state index contributed by atoms with van der Waals surface area (Å²) in [6, 6.07) is 9.09. The highest BCUT2D eigenvalue weighted by Gasteiger charge is 2.42. The lowest BCUT2D eigenvalue weighted by molar-refractivity contribution is 0.0985. The molecule has 0 bridgehead atoms. The molecule has 3 heterocycles. The summed E-state index contributed by atoms with van der Waals surface area (Å²) in [5.74, 6) is 1.05. The summed E-state index contributed by atoms with van der Waals surface area (Å²) in [5.41, 5.74) is 2.40. The molecule has 0 spiro atoms. The van der Waals surface area contributed by atoms with E-state index in [0.29, 0.717) is 54.0 Å². The number of carbonyl (C=O) groups is 1. The van der Waals surface area contributed by atoms with E-state index in [1.54, 1.807) is 44.4 Å². The van der Waals surface area contributed by atoms with Crippen LogP contribution in [0.2, 0.25) is 0 Å². The summed E-state index contributed by atoms with van der Waals surface area (Å²) in [4.78, 5) is 28.1. The predicted octanol–water partition coefficient (Wildman–Crippen LogP) is 4.13. The van der Waals surface area contributed by atoms with E-state index in [2.05, 4.69) is 20.5 Å². The molecule has 3 aromatic rings. The van der Waals surface area contributed by atoms with Crippen molar-refractivity contribution < 1.29 is 17.9 Å². The number of aromatic nitrogens is 3. The van der Waals surface area contributed by atoms with Gasteiger partial charge in [-0.05, 0) is 64.8 Å². The van der Waals surface area contributed by atoms with Crippen molar-refractivity contribution in [1.29, 1.82) is 0 Å². The summed E-state index contributed by atoms with van der Waals surface area (Å²) in [7, 11) is -3.84. The van der Waals surface area contributed by atoms with Gasteiger partial charge in [-0.1, -0.05) is 0 Å². The first-order valence-corrected chi connectivity index (χ1v) is 15.0. The molecule has 2 aromatic heterocycles. The maximum Gasteiger partial charge on any atom is 0.319 e. The molecule has 2 amide bonds. The summed E-state index contributed by atoms with van der Waals surface area (Å²) < 4.78 is 31.7. The quantitative estimate of drug-likeness (QED) is 0.445. The zero-order valence-electron chi connectivity index (χ0n) is 21.9. The van der Waals surface area contributed by atoms with E-state index in [0.717, 1.165) is 24.2 Å². The highest BCUT2D eigenvalue weighted by molar-refractivity contribution is 7.94. The van der Waals surface area contributed by atoms with E-state index in [1.807, 2.05) is 19.1 Å². The Morgan fingerprint density at radius 2 is 1.89 bits per heavy atom. The molecule has 2 fully saturated rings. The zero-order valence-corrected chi connectivity index (χ0v) is 23.5. The Hall–Kier alpha value is -3.09. The largest absolute Gasteiger partial charge is 0.377 e. The average Bonchev–Trinajstić information content (AvgIpc) is 3.59. The minimum Gasteiger partial charge on any atom is -0.377 e. The lowest BCUT2D eigenvalue weighted by Crippen LogP contribution is -2.44. The van der Waals surface area contributed by atoms with Gasteiger partial charge in [0.1, 0.15) is 10.6 Å². The van der Waals surface area contributed by atoms with Gasteiger partial charge in [-0.3, -0.25) is 0 Å². The lowest BCUT2D eigenvalue weighted by Gasteiger charge is -2.35. The smallest absolute Gasteiger partial charge is 0.319 e. The number of nitrogens with one attached hydrogen (secondary N) is 2. The summed E-state index contributed by atoms with van der Waals surface area (Å²) in [6.45, 7) is 8.88. The summed E-state index contributed by atoms with van der Waals surface area (Å²) in [6.07, 6.45) is 2.02. The third-order valence-corrected chi connectivity index (χ3v) is 10.6. The molecule has 202 valence electrons. The van der Waals surface area contributed by atoms with Gasteiger partial charge >= 0.3 is 6.03 Å². The highest BCUT2D eigenvalue weighted by Crippen LogP contribution is 2.37. The number of benzene rings is 1. The van der Waals surface area contributed by atoms with Crippen molar-refractivity contribution in [2.24, 2.45) is 0 Å². The Morgan fingerprint density at radius 1 is 1.16 bits per heavy atom. The van der Waals surface area contributed by atoms with Gasteiger partial charge in [-0.15, -0.1) is 11.3 Å². The van der Waals surface area contributed by atoms with Crippen LogP contribution in [0, 0.1) is 6.92 Å². The fourth-order valence-corrected chi connectivity index (χ4v) is 7.06. The number of ether oxygens (including phenoxy) is 1. The number of amides is 2. The number of rotatable bonds is 7. The minimum absolute atomic E-state index is 0.0669. The number of thiazole rings is 1. The van der Waals surface area contributed by atoms with E-state index < -0.39 is 14.6 Å². The van der Waals surface area contributed by atoms with Gasteiger partial charge in [0.15, 0.2) is 5.82 Å². The van der Waals surface area contributed by atoms with Gasteiger partial charge in [-0.2, -0.15) is 0 Å². The number of morpholine rings is 1. The van der Waals surface area contributed by atoms with Crippen LogP contribution in [0.3, 0.4) is 0 Å². The lowest BCUT2D eigenvalue weighted by atomic mass is 10.1. The molecule has 38 heavy (non-hydrogen) atoms. The predicted molar refractivity (Wildman–Crippen MR) is 147 cm³/mol. The Kier molecular flexibility index (Phi) is 7.14. The standard InChI is InChI=1S/C26H32N6O4S2/c1-16-15-37-25(27-16)38(34,35)26(3,4)21-13-22(32-11-12-36-14-17(32)2)31-23(30-21)18-5-7-19(8-6-18)28-24(33)29-20-9-10-20/h5-8,13,15,17,20H,9-12,14H2,1-4H3,(H2,28,29,33). The molecule has 1 aliphatic heterocycles. The minimum atomic E-state index is -3.84. The highest BCUT2D eigenvalue weighted by atomic mass is 32.2. The van der Waals surface area contributed by atoms with Crippen LogP contribution in [0.4, 0.5) is 16.3 Å². The molecule has 1 saturated heterocycles. The van der Waals surface area contributed by atoms with Crippen LogP contribution in [-0.4, -0.2) is 61.2 Å². The van der Waals surface area contributed by atoms with Gasteiger partial charge in [-0.25, -0.2) is 28.2 Å². The SMILES string of the molecule is Cc1csc(S(=O)(=O)C(C)(C)c2cc(N3CCOCC3C)nc(-c3ccc(NC(=O)NC4CC4)cc3)n2)n1. The van der Waals surface area contributed by atoms with Crippen LogP contribution in [0.1, 0.15) is 45.0 Å². The molecule has 12 heteroatoms. The third-order valence-electron chi connectivity index (χ3n) is 6.80. The first-order valence-electron chi connectivity index (χ1n) is 12.6. The van der Waals surface area contributed by atoms with Crippen LogP contribution in [0.15, 0.2) is 40.1 Å². The first kappa shape index (κ1) is 26.5. The van der Waals surface area contributed by atoms with Crippen LogP contribution in [0.25, 0.3) is 11.4 Å². The Bertz CT molecular complexity index is 1430. The zero-order chi connectivity index (χ0) is 27.1. The number of nitrogens with zero attached hydrogens (tertiary/aromatic N) is 4. The van der Waals surface area contributed by atoms with E-state index in [-0.39, 0.29) is 22.5 Å². The molecule has 1 atom stereocenters. The van der Waals surface area contributed by atoms with Crippen LogP contribution in [0.5, 0.6) is 0 Å². The molecule has 2 aliphatic rings. The molecular weight excluding hydrogens is 524 g/mol. The fourth-order valence-electron chi connectivity index (χ4n) is 4.18. The molecule has 1 aliphatic carbocycles. The summed E-state index contributed by atoms with van der Waals surface area (Å²) in [5, 5.41) is 7.47. The van der Waals surface area contributed by atoms with E-state index >= 15 is 0 Å². The molecular formula is C26H32N6O4S2. The summed E-state index contributed by atoms with van der Waals surface area (Å²) >= 11 is 1.12. The number of sulfone groups is 1. The molecule has 1 unspecified atom stereocenters. The van der Waals surface area contributed by atoms with Crippen molar-refractivity contribution in [1.82, 2.24) is 20.3 Å². The van der Waals surface area contributed by atoms with Gasteiger partial charge in [0.05, 0.1) is 24.9 Å². The van der Waals surface area contributed by atoms with Crippen molar-refractivity contribution in [3.63, 3.8) is 0 Å². The van der Waals surface area contributed by atoms with Crippen molar-refractivity contribution in [2.45, 2.75) is 61.7 Å². The maximum absolute atomic E-state index is 13.7. The second kappa shape index (κ2) is 10.2. The number of aryl methyl sites for hydroxylation is 1. The topological polar surface area (TPSA) is 126 Å². The van der Waals surface area contributed by atoms with Crippen LogP contribution >= 0.6 is 11.3 Å². The number of urea groups is 1. The monoisotopic (exact) mass is 556 g/mol. The molecule has 1 aromatic carbocycles. The molecule has 2 N–H and O–H groups in total. The first-order chi connectivity index (χ1) is 18.0. The van der Waals surface area contributed by atoms with Gasteiger partial charge in [0.25, 0.3) is 0 Å². The van der Waals surface area contributed by atoms with Crippen molar-refractivity contribution in [2.75, 3.05) is 30.0 Å². The molecule has 5 rings (SSSR count).